The number of allylic oxidation sites excluding steroid dienone is 2. The molecule has 1 aliphatic heterocycles. The second kappa shape index (κ2) is 8.86. The number of benzene rings is 2. The van der Waals surface area contributed by atoms with E-state index in [-0.39, 0.29) is 28.3 Å². The van der Waals surface area contributed by atoms with Crippen molar-refractivity contribution in [3.63, 3.8) is 0 Å². The SMILES string of the molecule is CCc1ccc(Oc2ccc(C(F)(F)F)c(C)c2)cc1C1=C(O)CC2(CCOCC2)CC1=O. The summed E-state index contributed by atoms with van der Waals surface area (Å²) < 4.78 is 50.4. The van der Waals surface area contributed by atoms with Gasteiger partial charge in [0.1, 0.15) is 17.3 Å². The van der Waals surface area contributed by atoms with Crippen LogP contribution in [0.1, 0.15) is 54.9 Å². The number of aliphatic hydroxyl groups is 1. The molecule has 2 aromatic carbocycles. The Labute approximate surface area is 191 Å². The summed E-state index contributed by atoms with van der Waals surface area (Å²) in [5, 5.41) is 10.9. The third kappa shape index (κ3) is 4.78. The lowest BCUT2D eigenvalue weighted by Crippen LogP contribution is -2.36. The maximum absolute atomic E-state index is 13.2. The van der Waals surface area contributed by atoms with Gasteiger partial charge in [-0.25, -0.2) is 0 Å². The fraction of sp³-hybridized carbons (Fsp3) is 0.423. The third-order valence-electron chi connectivity index (χ3n) is 6.67. The van der Waals surface area contributed by atoms with Gasteiger partial charge in [0.15, 0.2) is 5.78 Å². The number of aryl methyl sites for hydroxylation is 2. The Bertz CT molecular complexity index is 1100. The average molecular weight is 460 g/mol. The van der Waals surface area contributed by atoms with E-state index in [1.807, 2.05) is 13.0 Å². The second-order valence-electron chi connectivity index (χ2n) is 8.96. The molecule has 0 bridgehead atoms. The van der Waals surface area contributed by atoms with Crippen molar-refractivity contribution in [1.29, 1.82) is 0 Å². The first-order chi connectivity index (χ1) is 15.6. The molecule has 1 heterocycles. The first-order valence-electron chi connectivity index (χ1n) is 11.1. The average Bonchev–Trinajstić information content (AvgIpc) is 2.73. The van der Waals surface area contributed by atoms with Crippen molar-refractivity contribution in [3.05, 3.63) is 64.4 Å². The van der Waals surface area contributed by atoms with Crippen molar-refractivity contribution >= 4 is 11.4 Å². The number of halogens is 3. The molecule has 1 N–H and O–H groups in total. The lowest BCUT2D eigenvalue weighted by Gasteiger charge is -2.39. The van der Waals surface area contributed by atoms with Gasteiger partial charge in [0.2, 0.25) is 0 Å². The smallest absolute Gasteiger partial charge is 0.416 e. The zero-order chi connectivity index (χ0) is 23.8. The van der Waals surface area contributed by atoms with Gasteiger partial charge in [-0.1, -0.05) is 13.0 Å². The molecule has 0 radical (unpaired) electrons. The molecule has 1 fully saturated rings. The number of ether oxygens (including phenoxy) is 2. The van der Waals surface area contributed by atoms with Crippen LogP contribution >= 0.6 is 0 Å². The highest BCUT2D eigenvalue weighted by atomic mass is 19.4. The highest BCUT2D eigenvalue weighted by Gasteiger charge is 2.42. The van der Waals surface area contributed by atoms with Gasteiger partial charge in [-0.05, 0) is 78.6 Å². The minimum Gasteiger partial charge on any atom is -0.512 e. The molecule has 33 heavy (non-hydrogen) atoms. The van der Waals surface area contributed by atoms with E-state index in [4.69, 9.17) is 9.47 Å². The Morgan fingerprint density at radius 1 is 1.06 bits per heavy atom. The van der Waals surface area contributed by atoms with Crippen molar-refractivity contribution in [3.8, 4) is 11.5 Å². The van der Waals surface area contributed by atoms with Crippen LogP contribution in [-0.4, -0.2) is 24.1 Å². The summed E-state index contributed by atoms with van der Waals surface area (Å²) >= 11 is 0. The largest absolute Gasteiger partial charge is 0.512 e. The molecule has 0 saturated carbocycles. The number of Topliss-reactive ketones (excluding diaryl/α,β-unsaturated/α-hetero) is 1. The number of hydrogen-bond acceptors (Lipinski definition) is 4. The Balaban J connectivity index is 1.66. The maximum atomic E-state index is 13.2. The predicted molar refractivity (Wildman–Crippen MR) is 118 cm³/mol. The molecule has 4 nitrogen and oxygen atoms in total. The number of hydrogen-bond donors (Lipinski definition) is 1. The minimum atomic E-state index is -4.42. The van der Waals surface area contributed by atoms with Gasteiger partial charge in [0.05, 0.1) is 11.1 Å². The van der Waals surface area contributed by atoms with Crippen molar-refractivity contribution in [2.75, 3.05) is 13.2 Å². The van der Waals surface area contributed by atoms with Gasteiger partial charge in [-0.2, -0.15) is 13.2 Å². The molecular weight excluding hydrogens is 433 g/mol. The molecule has 176 valence electrons. The number of carbonyl (C=O) groups excluding carboxylic acids is 1. The quantitative estimate of drug-likeness (QED) is 0.545. The summed E-state index contributed by atoms with van der Waals surface area (Å²) in [7, 11) is 0. The van der Waals surface area contributed by atoms with Crippen LogP contribution in [0.4, 0.5) is 13.2 Å². The van der Waals surface area contributed by atoms with E-state index in [0.717, 1.165) is 24.5 Å². The van der Waals surface area contributed by atoms with Gasteiger partial charge < -0.3 is 14.6 Å². The zero-order valence-electron chi connectivity index (χ0n) is 18.7. The third-order valence-corrected chi connectivity index (χ3v) is 6.67. The number of carbonyl (C=O) groups is 1. The van der Waals surface area contributed by atoms with E-state index < -0.39 is 11.7 Å². The monoisotopic (exact) mass is 460 g/mol. The topological polar surface area (TPSA) is 55.8 Å². The molecule has 0 atom stereocenters. The number of ketones is 1. The molecule has 0 amide bonds. The van der Waals surface area contributed by atoms with Crippen molar-refractivity contribution < 1.29 is 32.5 Å². The lowest BCUT2D eigenvalue weighted by molar-refractivity contribution is -0.138. The molecule has 2 aliphatic rings. The number of alkyl halides is 3. The second-order valence-corrected chi connectivity index (χ2v) is 8.96. The first kappa shape index (κ1) is 23.4. The van der Waals surface area contributed by atoms with E-state index >= 15 is 0 Å². The van der Waals surface area contributed by atoms with Gasteiger partial charge in [0.25, 0.3) is 0 Å². The summed E-state index contributed by atoms with van der Waals surface area (Å²) in [6.45, 7) is 4.53. The highest BCUT2D eigenvalue weighted by molar-refractivity contribution is 6.22. The Morgan fingerprint density at radius 2 is 1.73 bits per heavy atom. The maximum Gasteiger partial charge on any atom is 0.416 e. The zero-order valence-corrected chi connectivity index (χ0v) is 18.7. The van der Waals surface area contributed by atoms with Crippen molar-refractivity contribution in [1.82, 2.24) is 0 Å². The van der Waals surface area contributed by atoms with E-state index in [2.05, 4.69) is 0 Å². The van der Waals surface area contributed by atoms with E-state index in [0.29, 0.717) is 49.4 Å². The Hall–Kier alpha value is -2.80. The fourth-order valence-electron chi connectivity index (χ4n) is 4.87. The molecule has 1 spiro atoms. The predicted octanol–water partition coefficient (Wildman–Crippen LogP) is 6.80. The van der Waals surface area contributed by atoms with Crippen molar-refractivity contribution in [2.24, 2.45) is 5.41 Å². The van der Waals surface area contributed by atoms with Crippen LogP contribution in [0.15, 0.2) is 42.2 Å². The van der Waals surface area contributed by atoms with E-state index in [1.165, 1.54) is 19.1 Å². The molecule has 2 aromatic rings. The first-order valence-corrected chi connectivity index (χ1v) is 11.1. The lowest BCUT2D eigenvalue weighted by atomic mass is 9.67. The molecule has 0 aromatic heterocycles. The van der Waals surface area contributed by atoms with Crippen LogP contribution in [0.2, 0.25) is 0 Å². The van der Waals surface area contributed by atoms with Crippen LogP contribution in [0, 0.1) is 12.3 Å². The fourth-order valence-corrected chi connectivity index (χ4v) is 4.87. The number of aliphatic hydroxyl groups excluding tert-OH is 1. The number of rotatable bonds is 4. The molecule has 4 rings (SSSR count). The van der Waals surface area contributed by atoms with Crippen LogP contribution in [0.3, 0.4) is 0 Å². The molecule has 7 heteroatoms. The molecular formula is C26H27F3O4. The molecule has 1 saturated heterocycles. The van der Waals surface area contributed by atoms with Crippen LogP contribution in [-0.2, 0) is 22.1 Å². The normalized spacial score (nSPS) is 18.6. The van der Waals surface area contributed by atoms with Gasteiger partial charge in [-0.15, -0.1) is 0 Å². The summed E-state index contributed by atoms with van der Waals surface area (Å²) in [5.41, 5.74) is 0.933. The Morgan fingerprint density at radius 3 is 2.33 bits per heavy atom. The van der Waals surface area contributed by atoms with Gasteiger partial charge in [-0.3, -0.25) is 4.79 Å². The minimum absolute atomic E-state index is 0.0648. The summed E-state index contributed by atoms with van der Waals surface area (Å²) in [6.07, 6.45) is -1.49. The molecule has 0 unspecified atom stereocenters. The van der Waals surface area contributed by atoms with E-state index in [1.54, 1.807) is 12.1 Å². The molecule has 1 aliphatic carbocycles. The highest BCUT2D eigenvalue weighted by Crippen LogP contribution is 2.47. The van der Waals surface area contributed by atoms with E-state index in [9.17, 15) is 23.1 Å². The summed E-state index contributed by atoms with van der Waals surface area (Å²) in [6, 6.07) is 8.86. The summed E-state index contributed by atoms with van der Waals surface area (Å²) in [4.78, 5) is 13.2. The van der Waals surface area contributed by atoms with Crippen LogP contribution in [0.5, 0.6) is 11.5 Å². The van der Waals surface area contributed by atoms with Crippen molar-refractivity contribution in [2.45, 2.75) is 52.1 Å². The standard InChI is InChI=1S/C26H27F3O4/c1-3-17-4-5-19(33-18-6-7-21(16(2)12-18)26(27,28)29)13-20(17)24-22(30)14-25(15-23(24)31)8-10-32-11-9-25/h4-7,12-13,30H,3,8-11,14-15H2,1-2H3. The van der Waals surface area contributed by atoms with Gasteiger partial charge in [0, 0.05) is 26.1 Å². The summed E-state index contributed by atoms with van der Waals surface area (Å²) in [5.74, 6) is 0.647. The van der Waals surface area contributed by atoms with Gasteiger partial charge >= 0.3 is 6.18 Å². The van der Waals surface area contributed by atoms with Crippen LogP contribution < -0.4 is 4.74 Å². The van der Waals surface area contributed by atoms with Crippen LogP contribution in [0.25, 0.3) is 5.57 Å². The Kier molecular flexibility index (Phi) is 6.27.